The van der Waals surface area contributed by atoms with E-state index in [2.05, 4.69) is 36.6 Å². The first-order valence-corrected chi connectivity index (χ1v) is 12.1. The third kappa shape index (κ3) is 7.18. The molecule has 0 aliphatic carbocycles. The third-order valence-electron chi connectivity index (χ3n) is 5.46. The Morgan fingerprint density at radius 1 is 1.06 bits per heavy atom. The summed E-state index contributed by atoms with van der Waals surface area (Å²) in [6, 6.07) is 19.1. The van der Waals surface area contributed by atoms with Gasteiger partial charge >= 0.3 is 0 Å². The van der Waals surface area contributed by atoms with Gasteiger partial charge in [0.15, 0.2) is 5.96 Å². The second-order valence-electron chi connectivity index (χ2n) is 7.66. The lowest BCUT2D eigenvalue weighted by atomic mass is 9.98. The fourth-order valence-electron chi connectivity index (χ4n) is 3.64. The topological polar surface area (TPSA) is 73.8 Å². The van der Waals surface area contributed by atoms with Crippen molar-refractivity contribution < 1.29 is 8.42 Å². The summed E-state index contributed by atoms with van der Waals surface area (Å²) >= 11 is 0. The van der Waals surface area contributed by atoms with E-state index >= 15 is 0 Å². The van der Waals surface area contributed by atoms with Crippen LogP contribution in [0, 0.1) is 5.92 Å². The Kier molecular flexibility index (Phi) is 10.2. The first-order valence-electron chi connectivity index (χ1n) is 10.7. The molecule has 2 aromatic carbocycles. The second-order valence-corrected chi connectivity index (χ2v) is 9.59. The van der Waals surface area contributed by atoms with E-state index in [9.17, 15) is 8.42 Å². The lowest BCUT2D eigenvalue weighted by Gasteiger charge is -2.30. The number of nitrogens with one attached hydrogen (secondary N) is 2. The van der Waals surface area contributed by atoms with Crippen molar-refractivity contribution in [2.75, 3.05) is 26.2 Å². The van der Waals surface area contributed by atoms with Crippen molar-refractivity contribution in [1.82, 2.24) is 14.9 Å². The van der Waals surface area contributed by atoms with Crippen LogP contribution in [0.5, 0.6) is 0 Å². The number of hydrogen-bond donors (Lipinski definition) is 2. The van der Waals surface area contributed by atoms with E-state index in [0.717, 1.165) is 25.3 Å². The molecule has 1 saturated heterocycles. The van der Waals surface area contributed by atoms with Crippen LogP contribution < -0.4 is 10.6 Å². The van der Waals surface area contributed by atoms with E-state index in [1.807, 2.05) is 24.3 Å². The minimum Gasteiger partial charge on any atom is -0.357 e. The molecule has 0 amide bonds. The number of piperidine rings is 1. The number of nitrogens with zero attached hydrogens (tertiary/aromatic N) is 2. The van der Waals surface area contributed by atoms with Crippen molar-refractivity contribution in [3.05, 3.63) is 66.2 Å². The van der Waals surface area contributed by atoms with Crippen molar-refractivity contribution in [3.63, 3.8) is 0 Å². The van der Waals surface area contributed by atoms with Crippen LogP contribution >= 0.6 is 24.0 Å². The largest absolute Gasteiger partial charge is 0.357 e. The highest BCUT2D eigenvalue weighted by Crippen LogP contribution is 2.24. The predicted molar refractivity (Wildman–Crippen MR) is 137 cm³/mol. The molecule has 170 valence electrons. The number of halogens is 1. The molecule has 3 rings (SSSR count). The highest BCUT2D eigenvalue weighted by atomic mass is 127. The lowest BCUT2D eigenvalue weighted by Crippen LogP contribution is -2.41. The van der Waals surface area contributed by atoms with Gasteiger partial charge in [-0.2, -0.15) is 4.31 Å². The molecule has 1 aliphatic rings. The standard InChI is InChI=1S/C23H32N4O2S.HI/c1-3-24-23(26-19(2)21-10-6-4-7-11-21)25-18-20-14-16-27(17-15-20)30(28,29)22-12-8-5-9-13-22;/h4-13,19-20H,3,14-18H2,1-2H3,(H2,24,25,26);1H. The summed E-state index contributed by atoms with van der Waals surface area (Å²) in [6.07, 6.45) is 1.65. The van der Waals surface area contributed by atoms with Crippen LogP contribution in [-0.2, 0) is 10.0 Å². The Morgan fingerprint density at radius 2 is 1.65 bits per heavy atom. The van der Waals surface area contributed by atoms with E-state index in [-0.39, 0.29) is 30.0 Å². The summed E-state index contributed by atoms with van der Waals surface area (Å²) in [5.74, 6) is 1.18. The van der Waals surface area contributed by atoms with Crippen LogP contribution in [0.2, 0.25) is 0 Å². The van der Waals surface area contributed by atoms with Gasteiger partial charge in [-0.15, -0.1) is 24.0 Å². The molecule has 0 aromatic heterocycles. The molecule has 2 aromatic rings. The van der Waals surface area contributed by atoms with Crippen molar-refractivity contribution >= 4 is 40.0 Å². The van der Waals surface area contributed by atoms with Crippen LogP contribution in [0.4, 0.5) is 0 Å². The molecule has 1 atom stereocenters. The first kappa shape index (κ1) is 25.6. The van der Waals surface area contributed by atoms with Gasteiger partial charge in [0.1, 0.15) is 0 Å². The zero-order valence-corrected chi connectivity index (χ0v) is 21.3. The number of hydrogen-bond acceptors (Lipinski definition) is 3. The summed E-state index contributed by atoms with van der Waals surface area (Å²) in [4.78, 5) is 5.14. The van der Waals surface area contributed by atoms with Crippen molar-refractivity contribution in [3.8, 4) is 0 Å². The molecule has 0 bridgehead atoms. The zero-order valence-electron chi connectivity index (χ0n) is 18.2. The van der Waals surface area contributed by atoms with Crippen molar-refractivity contribution in [1.29, 1.82) is 0 Å². The Labute approximate surface area is 203 Å². The monoisotopic (exact) mass is 556 g/mol. The Bertz CT molecular complexity index is 915. The number of sulfonamides is 1. The molecular formula is C23H33IN4O2S. The molecule has 6 nitrogen and oxygen atoms in total. The molecule has 1 unspecified atom stereocenters. The average molecular weight is 557 g/mol. The van der Waals surface area contributed by atoms with E-state index in [1.165, 1.54) is 5.56 Å². The van der Waals surface area contributed by atoms with Gasteiger partial charge in [-0.1, -0.05) is 48.5 Å². The lowest BCUT2D eigenvalue weighted by molar-refractivity contribution is 0.278. The molecule has 1 fully saturated rings. The molecular weight excluding hydrogens is 523 g/mol. The van der Waals surface area contributed by atoms with Crippen LogP contribution in [0.25, 0.3) is 0 Å². The molecule has 1 aliphatic heterocycles. The molecule has 2 N–H and O–H groups in total. The minimum absolute atomic E-state index is 0. The fraction of sp³-hybridized carbons (Fsp3) is 0.435. The van der Waals surface area contributed by atoms with Crippen molar-refractivity contribution in [2.45, 2.75) is 37.6 Å². The van der Waals surface area contributed by atoms with Gasteiger partial charge in [0.25, 0.3) is 0 Å². The van der Waals surface area contributed by atoms with Gasteiger partial charge in [0.05, 0.1) is 10.9 Å². The highest BCUT2D eigenvalue weighted by Gasteiger charge is 2.29. The first-order chi connectivity index (χ1) is 14.5. The number of guanidine groups is 1. The number of aliphatic imine (C=N–C) groups is 1. The maximum absolute atomic E-state index is 12.8. The van der Waals surface area contributed by atoms with Gasteiger partial charge in [-0.05, 0) is 50.3 Å². The molecule has 0 spiro atoms. The van der Waals surface area contributed by atoms with E-state index in [4.69, 9.17) is 4.99 Å². The van der Waals surface area contributed by atoms with Crippen LogP contribution in [0.1, 0.15) is 38.3 Å². The maximum atomic E-state index is 12.8. The summed E-state index contributed by atoms with van der Waals surface area (Å²) in [6.45, 7) is 6.74. The van der Waals surface area contributed by atoms with E-state index < -0.39 is 10.0 Å². The predicted octanol–water partition coefficient (Wildman–Crippen LogP) is 4.02. The van der Waals surface area contributed by atoms with Gasteiger partial charge in [-0.3, -0.25) is 4.99 Å². The van der Waals surface area contributed by atoms with Crippen molar-refractivity contribution in [2.24, 2.45) is 10.9 Å². The molecule has 31 heavy (non-hydrogen) atoms. The summed E-state index contributed by atoms with van der Waals surface area (Å²) in [5.41, 5.74) is 1.21. The smallest absolute Gasteiger partial charge is 0.243 e. The summed E-state index contributed by atoms with van der Waals surface area (Å²) < 4.78 is 27.2. The highest BCUT2D eigenvalue weighted by molar-refractivity contribution is 14.0. The Morgan fingerprint density at radius 3 is 2.23 bits per heavy atom. The quantitative estimate of drug-likeness (QED) is 0.307. The van der Waals surface area contributed by atoms with Gasteiger partial charge in [0, 0.05) is 26.2 Å². The Hall–Kier alpha value is -1.65. The second kappa shape index (κ2) is 12.4. The SMILES string of the molecule is CCNC(=NCC1CCN(S(=O)(=O)c2ccccc2)CC1)NC(C)c1ccccc1.I. The zero-order chi connectivity index (χ0) is 21.4. The Balaban J connectivity index is 0.00000341. The number of benzene rings is 2. The van der Waals surface area contributed by atoms with Crippen LogP contribution in [-0.4, -0.2) is 44.9 Å². The maximum Gasteiger partial charge on any atom is 0.243 e. The molecule has 8 heteroatoms. The van der Waals surface area contributed by atoms with Gasteiger partial charge < -0.3 is 10.6 Å². The molecule has 0 saturated carbocycles. The van der Waals surface area contributed by atoms with E-state index in [0.29, 0.717) is 30.4 Å². The van der Waals surface area contributed by atoms with E-state index in [1.54, 1.807) is 28.6 Å². The van der Waals surface area contributed by atoms with Crippen LogP contribution in [0.3, 0.4) is 0 Å². The molecule has 1 heterocycles. The summed E-state index contributed by atoms with van der Waals surface area (Å²) in [7, 11) is -3.40. The third-order valence-corrected chi connectivity index (χ3v) is 7.37. The normalized spacial score (nSPS) is 16.9. The van der Waals surface area contributed by atoms with Gasteiger partial charge in [-0.25, -0.2) is 8.42 Å². The molecule has 0 radical (unpaired) electrons. The van der Waals surface area contributed by atoms with Gasteiger partial charge in [0.2, 0.25) is 10.0 Å². The summed E-state index contributed by atoms with van der Waals surface area (Å²) in [5, 5.41) is 6.77. The fourth-order valence-corrected chi connectivity index (χ4v) is 5.14. The average Bonchev–Trinajstić information content (AvgIpc) is 2.79. The number of rotatable bonds is 7. The van der Waals surface area contributed by atoms with Crippen LogP contribution in [0.15, 0.2) is 70.6 Å². The minimum atomic E-state index is -3.40.